The van der Waals surface area contributed by atoms with Crippen LogP contribution in [0.3, 0.4) is 0 Å². The van der Waals surface area contributed by atoms with E-state index >= 15 is 0 Å². The zero-order valence-corrected chi connectivity index (χ0v) is 7.76. The normalized spacial score (nSPS) is 10.7. The van der Waals surface area contributed by atoms with Crippen molar-refractivity contribution in [1.82, 2.24) is 0 Å². The summed E-state index contributed by atoms with van der Waals surface area (Å²) in [5.41, 5.74) is 0. The highest BCUT2D eigenvalue weighted by Crippen LogP contribution is 2.29. The molecule has 0 aliphatic carbocycles. The van der Waals surface area contributed by atoms with Crippen LogP contribution in [0.2, 0.25) is 0 Å². The molecule has 0 saturated carbocycles. The van der Waals surface area contributed by atoms with Gasteiger partial charge in [0.15, 0.2) is 0 Å². The van der Waals surface area contributed by atoms with Crippen LogP contribution in [0, 0.1) is 0 Å². The van der Waals surface area contributed by atoms with Gasteiger partial charge in [-0.25, -0.2) is 0 Å². The molecule has 0 aliphatic heterocycles. The molecule has 0 rings (SSSR count). The van der Waals surface area contributed by atoms with Gasteiger partial charge in [0, 0.05) is 0 Å². The molecular formula is C7H18FP. The first-order valence-corrected chi connectivity index (χ1v) is 4.05. The van der Waals surface area contributed by atoms with E-state index < -0.39 is 0 Å². The molecule has 0 aromatic heterocycles. The van der Waals surface area contributed by atoms with E-state index in [4.69, 9.17) is 0 Å². The number of rotatable bonds is 3. The minimum atomic E-state index is 0. The van der Waals surface area contributed by atoms with Crippen LogP contribution < -0.4 is 0 Å². The van der Waals surface area contributed by atoms with Crippen molar-refractivity contribution in [1.29, 1.82) is 0 Å². The number of hydrogen-bond donors (Lipinski definition) is 0. The summed E-state index contributed by atoms with van der Waals surface area (Å²) in [6, 6.07) is 0. The first-order chi connectivity index (χ1) is 3.68. The summed E-state index contributed by atoms with van der Waals surface area (Å²) in [7, 11) is 2.94. The van der Waals surface area contributed by atoms with Crippen LogP contribution in [-0.2, 0) is 0 Å². The van der Waals surface area contributed by atoms with Crippen molar-refractivity contribution in [2.24, 2.45) is 0 Å². The van der Waals surface area contributed by atoms with Gasteiger partial charge in [-0.15, -0.1) is 9.24 Å². The maximum Gasteiger partial charge on any atom is -0.0158 e. The van der Waals surface area contributed by atoms with Gasteiger partial charge in [0.25, 0.3) is 0 Å². The number of halogens is 1. The van der Waals surface area contributed by atoms with E-state index in [0.29, 0.717) is 5.16 Å². The molecule has 0 spiro atoms. The van der Waals surface area contributed by atoms with Crippen LogP contribution in [-0.4, -0.2) is 5.16 Å². The highest BCUT2D eigenvalue weighted by molar-refractivity contribution is 7.18. The molecule has 0 N–H and O–H groups in total. The Bertz CT molecular complexity index is 51.7. The quantitative estimate of drug-likeness (QED) is 0.545. The zero-order valence-electron chi connectivity index (χ0n) is 6.61. The minimum absolute atomic E-state index is 0. The smallest absolute Gasteiger partial charge is 0.0158 e. The molecule has 0 aromatic carbocycles. The van der Waals surface area contributed by atoms with E-state index in [2.05, 4.69) is 30.0 Å². The van der Waals surface area contributed by atoms with Gasteiger partial charge >= 0.3 is 0 Å². The van der Waals surface area contributed by atoms with Gasteiger partial charge < -0.3 is 0 Å². The Morgan fingerprint density at radius 2 is 1.22 bits per heavy atom. The third kappa shape index (κ3) is 3.86. The summed E-state index contributed by atoms with van der Waals surface area (Å²) in [4.78, 5) is 0. The van der Waals surface area contributed by atoms with Crippen molar-refractivity contribution in [3.63, 3.8) is 0 Å². The average molecular weight is 152 g/mol. The summed E-state index contributed by atoms with van der Waals surface area (Å²) >= 11 is 0. The van der Waals surface area contributed by atoms with Crippen molar-refractivity contribution >= 4 is 9.24 Å². The monoisotopic (exact) mass is 152 g/mol. The van der Waals surface area contributed by atoms with Crippen LogP contribution in [0.4, 0.5) is 4.70 Å². The average Bonchev–Trinajstić information content (AvgIpc) is 1.87. The molecule has 9 heavy (non-hydrogen) atoms. The molecule has 0 nitrogen and oxygen atoms in total. The topological polar surface area (TPSA) is 0 Å². The van der Waals surface area contributed by atoms with E-state index in [1.165, 1.54) is 19.3 Å². The van der Waals surface area contributed by atoms with Crippen LogP contribution in [0.25, 0.3) is 0 Å². The molecule has 0 saturated heterocycles. The van der Waals surface area contributed by atoms with Crippen molar-refractivity contribution in [2.75, 3.05) is 0 Å². The summed E-state index contributed by atoms with van der Waals surface area (Å²) < 4.78 is 0. The predicted octanol–water partition coefficient (Wildman–Crippen LogP) is 2.98. The largest absolute Gasteiger partial charge is 0.269 e. The van der Waals surface area contributed by atoms with Crippen molar-refractivity contribution < 1.29 is 4.70 Å². The lowest BCUT2D eigenvalue weighted by molar-refractivity contribution is 0.531. The predicted molar refractivity (Wildman–Crippen MR) is 45.8 cm³/mol. The van der Waals surface area contributed by atoms with Crippen LogP contribution in [0.1, 0.15) is 40.0 Å². The summed E-state index contributed by atoms with van der Waals surface area (Å²) in [5, 5.41) is 0.542. The molecule has 0 amide bonds. The zero-order chi connectivity index (χ0) is 6.62. The second-order valence-corrected chi connectivity index (χ2v) is 3.65. The van der Waals surface area contributed by atoms with Gasteiger partial charge in [0.1, 0.15) is 0 Å². The lowest BCUT2D eigenvalue weighted by Crippen LogP contribution is -2.15. The lowest BCUT2D eigenvalue weighted by atomic mass is 9.99. The highest BCUT2D eigenvalue weighted by Gasteiger charge is 2.15. The van der Waals surface area contributed by atoms with Gasteiger partial charge in [0.05, 0.1) is 0 Å². The second kappa shape index (κ2) is 5.17. The molecule has 0 radical (unpaired) electrons. The van der Waals surface area contributed by atoms with Gasteiger partial charge in [-0.05, 0) is 24.4 Å². The van der Waals surface area contributed by atoms with Crippen LogP contribution in [0.5, 0.6) is 0 Å². The Labute approximate surface area is 60.0 Å². The maximum atomic E-state index is 2.94. The third-order valence-corrected chi connectivity index (χ3v) is 3.34. The molecule has 0 heterocycles. The summed E-state index contributed by atoms with van der Waals surface area (Å²) in [6.45, 7) is 6.75. The van der Waals surface area contributed by atoms with Crippen molar-refractivity contribution in [3.05, 3.63) is 0 Å². The maximum absolute atomic E-state index is 2.94. The second-order valence-electron chi connectivity index (χ2n) is 2.42. The Hall–Kier alpha value is 0.360. The van der Waals surface area contributed by atoms with E-state index in [9.17, 15) is 0 Å². The molecule has 0 bridgehead atoms. The summed E-state index contributed by atoms with van der Waals surface area (Å²) in [6.07, 6.45) is 3.85. The molecule has 0 aromatic rings. The molecule has 58 valence electrons. The van der Waals surface area contributed by atoms with Crippen molar-refractivity contribution in [3.8, 4) is 0 Å². The minimum Gasteiger partial charge on any atom is -0.269 e. The Morgan fingerprint density at radius 3 is 1.22 bits per heavy atom. The van der Waals surface area contributed by atoms with E-state index in [0.717, 1.165) is 0 Å². The van der Waals surface area contributed by atoms with E-state index in [1.807, 2.05) is 0 Å². The number of hydrogen-bond acceptors (Lipinski definition) is 0. The first-order valence-electron chi connectivity index (χ1n) is 3.47. The molecule has 1 atom stereocenters. The first kappa shape index (κ1) is 12.1. The highest BCUT2D eigenvalue weighted by atomic mass is 31.0. The third-order valence-electron chi connectivity index (χ3n) is 2.11. The van der Waals surface area contributed by atoms with Crippen molar-refractivity contribution in [2.45, 2.75) is 45.2 Å². The Morgan fingerprint density at radius 1 is 1.00 bits per heavy atom. The van der Waals surface area contributed by atoms with E-state index in [-0.39, 0.29) is 4.70 Å². The fraction of sp³-hybridized carbons (Fsp3) is 1.00. The SMILES string of the molecule is CCC(P)(CC)CC.F. The van der Waals surface area contributed by atoms with E-state index in [1.54, 1.807) is 0 Å². The lowest BCUT2D eigenvalue weighted by Gasteiger charge is -2.23. The fourth-order valence-electron chi connectivity index (χ4n) is 0.750. The Balaban J connectivity index is 0. The van der Waals surface area contributed by atoms with Gasteiger partial charge in [-0.3, -0.25) is 4.70 Å². The van der Waals surface area contributed by atoms with Gasteiger partial charge in [0.2, 0.25) is 0 Å². The molecule has 2 heteroatoms. The van der Waals surface area contributed by atoms with Gasteiger partial charge in [-0.2, -0.15) is 0 Å². The standard InChI is InChI=1S/C7H17P.FH/c1-4-7(8,5-2)6-3;/h4-6,8H2,1-3H3;1H. The fourth-order valence-corrected chi connectivity index (χ4v) is 0.750. The van der Waals surface area contributed by atoms with Gasteiger partial charge in [-0.1, -0.05) is 20.8 Å². The Kier molecular flexibility index (Phi) is 6.94. The van der Waals surface area contributed by atoms with Crippen LogP contribution in [0.15, 0.2) is 0 Å². The molecular weight excluding hydrogens is 134 g/mol. The molecule has 0 fully saturated rings. The van der Waals surface area contributed by atoms with Crippen LogP contribution >= 0.6 is 9.24 Å². The summed E-state index contributed by atoms with van der Waals surface area (Å²) in [5.74, 6) is 0. The molecule has 1 unspecified atom stereocenters. The molecule has 0 aliphatic rings.